The Morgan fingerprint density at radius 2 is 1.71 bits per heavy atom. The number of amides is 2. The van der Waals surface area contributed by atoms with Crippen LogP contribution >= 0.6 is 0 Å². The Kier molecular flexibility index (Phi) is 7.20. The van der Waals surface area contributed by atoms with E-state index in [2.05, 4.69) is 16.0 Å². The maximum Gasteiger partial charge on any atom is 0.323 e. The van der Waals surface area contributed by atoms with Gasteiger partial charge >= 0.3 is 6.03 Å². The largest absolute Gasteiger partial charge is 0.494 e. The molecular weight excluding hydrogens is 514 g/mol. The number of nitrogens with one attached hydrogen (secondary N) is 1. The van der Waals surface area contributed by atoms with Crippen LogP contribution in [0.3, 0.4) is 0 Å². The number of hydrogen-bond acceptors (Lipinski definition) is 4. The molecule has 0 radical (unpaired) electrons. The van der Waals surface area contributed by atoms with Crippen molar-refractivity contribution in [3.8, 4) is 23.0 Å². The van der Waals surface area contributed by atoms with Gasteiger partial charge < -0.3 is 24.3 Å². The van der Waals surface area contributed by atoms with E-state index in [1.54, 1.807) is 0 Å². The normalized spacial score (nSPS) is 14.1. The van der Waals surface area contributed by atoms with Crippen molar-refractivity contribution in [2.24, 2.45) is 0 Å². The third-order valence-electron chi connectivity index (χ3n) is 7.26. The molecule has 0 fully saturated rings. The number of urea groups is 1. The minimum atomic E-state index is -0.402. The van der Waals surface area contributed by atoms with Gasteiger partial charge in [-0.3, -0.25) is 0 Å². The van der Waals surface area contributed by atoms with E-state index in [9.17, 15) is 4.79 Å². The Morgan fingerprint density at radius 3 is 2.51 bits per heavy atom. The van der Waals surface area contributed by atoms with E-state index < -0.39 is 6.04 Å². The van der Waals surface area contributed by atoms with Crippen molar-refractivity contribution in [3.05, 3.63) is 120 Å². The molecule has 1 N–H and O–H groups in total. The van der Waals surface area contributed by atoms with E-state index in [1.807, 2.05) is 121 Å². The zero-order chi connectivity index (χ0) is 28.3. The van der Waals surface area contributed by atoms with Crippen molar-refractivity contribution in [1.29, 1.82) is 0 Å². The molecule has 5 aromatic rings. The van der Waals surface area contributed by atoms with Gasteiger partial charge in [-0.2, -0.15) is 5.10 Å². The number of fused-ring (bicyclic) bond motifs is 3. The number of carbonyl (C=O) groups is 1. The minimum Gasteiger partial charge on any atom is -0.494 e. The second kappa shape index (κ2) is 11.3. The number of nitrogens with zero attached hydrogens (tertiary/aromatic N) is 4. The molecule has 2 amide bonds. The molecule has 208 valence electrons. The van der Waals surface area contributed by atoms with E-state index in [1.165, 1.54) is 0 Å². The molecule has 1 aliphatic rings. The highest BCUT2D eigenvalue weighted by Crippen LogP contribution is 2.40. The van der Waals surface area contributed by atoms with Crippen molar-refractivity contribution in [3.63, 3.8) is 0 Å². The molecule has 0 aliphatic carbocycles. The van der Waals surface area contributed by atoms with Gasteiger partial charge in [0.2, 0.25) is 0 Å². The number of rotatable bonds is 7. The van der Waals surface area contributed by atoms with Gasteiger partial charge in [-0.1, -0.05) is 42.5 Å². The summed E-state index contributed by atoms with van der Waals surface area (Å²) in [6.45, 7) is 7.30. The molecular formula is C33H33N5O3. The predicted octanol–water partition coefficient (Wildman–Crippen LogP) is 6.91. The number of para-hydroxylation sites is 3. The van der Waals surface area contributed by atoms with Gasteiger partial charge in [0.05, 0.1) is 48.6 Å². The average Bonchev–Trinajstić information content (AvgIpc) is 3.55. The quantitative estimate of drug-likeness (QED) is 0.240. The lowest BCUT2D eigenvalue weighted by molar-refractivity contribution is 0.194. The Balaban J connectivity index is 1.52. The van der Waals surface area contributed by atoms with Crippen molar-refractivity contribution >= 4 is 11.7 Å². The fraction of sp³-hybridized carbons (Fsp3) is 0.212. The fourth-order valence-electron chi connectivity index (χ4n) is 5.48. The summed E-state index contributed by atoms with van der Waals surface area (Å²) in [6, 6.07) is 29.0. The lowest BCUT2D eigenvalue weighted by Gasteiger charge is -2.31. The summed E-state index contributed by atoms with van der Waals surface area (Å²) in [6.07, 6.45) is 2.04. The maximum absolute atomic E-state index is 14.3. The van der Waals surface area contributed by atoms with E-state index in [-0.39, 0.29) is 6.03 Å². The summed E-state index contributed by atoms with van der Waals surface area (Å²) in [4.78, 5) is 16.2. The van der Waals surface area contributed by atoms with E-state index >= 15 is 0 Å². The molecule has 3 aromatic carbocycles. The van der Waals surface area contributed by atoms with Crippen LogP contribution in [-0.4, -0.2) is 38.5 Å². The van der Waals surface area contributed by atoms with Crippen LogP contribution in [0.15, 0.2) is 97.2 Å². The molecule has 41 heavy (non-hydrogen) atoms. The van der Waals surface area contributed by atoms with Crippen LogP contribution in [0.1, 0.15) is 42.4 Å². The fourth-order valence-corrected chi connectivity index (χ4v) is 5.48. The van der Waals surface area contributed by atoms with E-state index in [0.29, 0.717) is 31.2 Å². The summed E-state index contributed by atoms with van der Waals surface area (Å²) >= 11 is 0. The lowest BCUT2D eigenvalue weighted by Crippen LogP contribution is -2.38. The third-order valence-corrected chi connectivity index (χ3v) is 7.26. The van der Waals surface area contributed by atoms with Gasteiger partial charge in [-0.15, -0.1) is 0 Å². The number of aryl methyl sites for hydroxylation is 1. The molecule has 8 heteroatoms. The average molecular weight is 548 g/mol. The van der Waals surface area contributed by atoms with E-state index in [0.717, 1.165) is 39.8 Å². The van der Waals surface area contributed by atoms with Gasteiger partial charge in [0, 0.05) is 11.8 Å². The van der Waals surface area contributed by atoms with Gasteiger partial charge in [0.25, 0.3) is 0 Å². The number of hydrogen-bond donors (Lipinski definition) is 1. The molecule has 0 unspecified atom stereocenters. The van der Waals surface area contributed by atoms with E-state index in [4.69, 9.17) is 14.6 Å². The molecule has 0 bridgehead atoms. The summed E-state index contributed by atoms with van der Waals surface area (Å²) in [5.74, 6) is 2.31. The van der Waals surface area contributed by atoms with Crippen LogP contribution in [0, 0.1) is 6.92 Å². The molecule has 2 aromatic heterocycles. The molecule has 0 saturated carbocycles. The maximum atomic E-state index is 14.3. The van der Waals surface area contributed by atoms with Gasteiger partial charge in [-0.25, -0.2) is 9.48 Å². The van der Waals surface area contributed by atoms with Crippen LogP contribution in [0.25, 0.3) is 11.5 Å². The smallest absolute Gasteiger partial charge is 0.323 e. The van der Waals surface area contributed by atoms with Crippen LogP contribution in [-0.2, 0) is 6.54 Å². The summed E-state index contributed by atoms with van der Waals surface area (Å²) < 4.78 is 15.8. The summed E-state index contributed by atoms with van der Waals surface area (Å²) in [7, 11) is 0. The zero-order valence-electron chi connectivity index (χ0n) is 23.4. The Bertz CT molecular complexity index is 1670. The van der Waals surface area contributed by atoms with Gasteiger partial charge in [0.15, 0.2) is 0 Å². The van der Waals surface area contributed by atoms with Crippen molar-refractivity contribution in [1.82, 2.24) is 19.2 Å². The molecule has 1 atom stereocenters. The monoisotopic (exact) mass is 547 g/mol. The van der Waals surface area contributed by atoms with Crippen LogP contribution in [0.5, 0.6) is 11.5 Å². The van der Waals surface area contributed by atoms with Crippen LogP contribution in [0.2, 0.25) is 0 Å². The number of aromatic nitrogens is 3. The number of ether oxygens (including phenoxy) is 2. The van der Waals surface area contributed by atoms with Gasteiger partial charge in [-0.05, 0) is 74.9 Å². The predicted molar refractivity (Wildman–Crippen MR) is 159 cm³/mol. The summed E-state index contributed by atoms with van der Waals surface area (Å²) in [5.41, 5.74) is 5.31. The first-order valence-electron chi connectivity index (χ1n) is 13.9. The van der Waals surface area contributed by atoms with Crippen LogP contribution in [0.4, 0.5) is 10.5 Å². The first-order valence-corrected chi connectivity index (χ1v) is 13.9. The topological polar surface area (TPSA) is 73.5 Å². The van der Waals surface area contributed by atoms with Crippen molar-refractivity contribution in [2.45, 2.75) is 33.4 Å². The lowest BCUT2D eigenvalue weighted by atomic mass is 10.0. The Hall–Kier alpha value is -4.98. The first-order chi connectivity index (χ1) is 20.1. The minimum absolute atomic E-state index is 0.239. The highest BCUT2D eigenvalue weighted by Gasteiger charge is 2.36. The second-order valence-electron chi connectivity index (χ2n) is 9.83. The number of carbonyl (C=O) groups excluding carboxylic acids is 1. The van der Waals surface area contributed by atoms with Crippen molar-refractivity contribution in [2.75, 3.05) is 18.5 Å². The standard InChI is InChI=1S/C33H33N5O3/c1-4-40-26-16-11-13-24(21-26)31-29-18-12-20-36(29)32-27(23(3)35-38(32)25-14-7-6-8-15-25)22-37(31)33(39)34-28-17-9-10-19-30(28)41-5-2/h6-21,31H,4-5,22H2,1-3H3,(H,34,39)/t31-/m1/s1. The highest BCUT2D eigenvalue weighted by molar-refractivity contribution is 5.91. The van der Waals surface area contributed by atoms with Gasteiger partial charge in [0.1, 0.15) is 17.3 Å². The second-order valence-corrected chi connectivity index (χ2v) is 9.83. The molecule has 0 saturated heterocycles. The summed E-state index contributed by atoms with van der Waals surface area (Å²) in [5, 5.41) is 8.07. The SMILES string of the molecule is CCOc1cccc([C@@H]2c3cccn3-c3c(c(C)nn3-c3ccccc3)CN2C(=O)Nc2ccccc2OCC)c1. The molecule has 1 aliphatic heterocycles. The Labute approximate surface area is 239 Å². The molecule has 8 nitrogen and oxygen atoms in total. The number of anilines is 1. The Morgan fingerprint density at radius 1 is 0.927 bits per heavy atom. The molecule has 0 spiro atoms. The molecule has 3 heterocycles. The highest BCUT2D eigenvalue weighted by atomic mass is 16.5. The zero-order valence-corrected chi connectivity index (χ0v) is 23.4. The number of benzene rings is 3. The molecule has 6 rings (SSSR count). The third kappa shape index (κ3) is 4.93. The van der Waals surface area contributed by atoms with Crippen LogP contribution < -0.4 is 14.8 Å². The first kappa shape index (κ1) is 26.3. The van der Waals surface area contributed by atoms with Crippen molar-refractivity contribution < 1.29 is 14.3 Å².